The third-order valence-corrected chi connectivity index (χ3v) is 2.81. The van der Waals surface area contributed by atoms with E-state index in [1.54, 1.807) is 0 Å². The van der Waals surface area contributed by atoms with Gasteiger partial charge in [-0.15, -0.1) is 0 Å². The van der Waals surface area contributed by atoms with E-state index in [2.05, 4.69) is 6.08 Å². The van der Waals surface area contributed by atoms with Crippen LogP contribution in [0.1, 0.15) is 72.0 Å². The molecule has 0 amide bonds. The molecular weight excluding hydrogens is 156 g/mol. The van der Waals surface area contributed by atoms with Crippen molar-refractivity contribution < 1.29 is 1.37 Å². The van der Waals surface area contributed by atoms with Gasteiger partial charge in [-0.3, -0.25) is 0 Å². The zero-order valence-corrected chi connectivity index (χ0v) is 8.86. The van der Waals surface area contributed by atoms with E-state index in [4.69, 9.17) is 1.37 Å². The summed E-state index contributed by atoms with van der Waals surface area (Å²) in [5.74, 6) is 0. The monoisotopic (exact) mass is 181 g/mol. The summed E-state index contributed by atoms with van der Waals surface area (Å²) in [6.07, 6.45) is 16.6. The van der Waals surface area contributed by atoms with E-state index in [0.29, 0.717) is 0 Å². The van der Waals surface area contributed by atoms with Crippen LogP contribution in [0.15, 0.2) is 12.1 Å². The molecule has 0 aliphatic heterocycles. The average Bonchev–Trinajstić information content (AvgIpc) is 2.20. The Labute approximate surface area is 84.8 Å². The Balaban J connectivity index is 2.21. The predicted molar refractivity (Wildman–Crippen MR) is 59.9 cm³/mol. The van der Waals surface area contributed by atoms with Crippen LogP contribution in [0.3, 0.4) is 0 Å². The first-order chi connectivity index (χ1) is 6.89. The number of allylic oxidation sites excluding steroid dienone is 2. The number of hydrogen-bond acceptors (Lipinski definition) is 0. The Morgan fingerprint density at radius 1 is 0.615 bits per heavy atom. The summed E-state index contributed by atoms with van der Waals surface area (Å²) in [4.78, 5) is 0. The van der Waals surface area contributed by atoms with E-state index in [-0.39, 0.29) is 0 Å². The van der Waals surface area contributed by atoms with Gasteiger partial charge in [-0.25, -0.2) is 0 Å². The lowest BCUT2D eigenvalue weighted by atomic mass is 10.1. The lowest BCUT2D eigenvalue weighted by Crippen LogP contribution is -1.80. The Morgan fingerprint density at radius 3 is 1.69 bits per heavy atom. The second kappa shape index (κ2) is 8.34. The molecule has 0 spiro atoms. The molecule has 0 N–H and O–H groups in total. The van der Waals surface area contributed by atoms with Crippen LogP contribution in [0.25, 0.3) is 0 Å². The topological polar surface area (TPSA) is 0 Å². The van der Waals surface area contributed by atoms with Gasteiger partial charge in [-0.2, -0.15) is 0 Å². The summed E-state index contributed by atoms with van der Waals surface area (Å²) in [5, 5.41) is 0. The molecule has 0 heterocycles. The maximum Gasteiger partial charge on any atom is 0.0572 e. The van der Waals surface area contributed by atoms with Crippen LogP contribution in [0, 0.1) is 0 Å². The van der Waals surface area contributed by atoms with Crippen LogP contribution in [-0.2, 0) is 0 Å². The van der Waals surface area contributed by atoms with Crippen molar-refractivity contribution in [2.45, 2.75) is 70.6 Å². The van der Waals surface area contributed by atoms with Gasteiger partial charge in [0.15, 0.2) is 0 Å². The third-order valence-electron chi connectivity index (χ3n) is 2.81. The Kier molecular flexibility index (Phi) is 5.97. The highest BCUT2D eigenvalue weighted by molar-refractivity contribution is 4.81. The zero-order chi connectivity index (χ0) is 10.1. The van der Waals surface area contributed by atoms with Crippen molar-refractivity contribution in [3.8, 4) is 0 Å². The molecule has 0 saturated heterocycles. The SMILES string of the molecule is [2H]/C1=C/CCCCCCCCCCC1. The fraction of sp³-hybridized carbons (Fsp3) is 0.846. The average molecular weight is 181 g/mol. The van der Waals surface area contributed by atoms with E-state index in [0.717, 1.165) is 18.9 Å². The van der Waals surface area contributed by atoms with Gasteiger partial charge in [0.1, 0.15) is 0 Å². The minimum atomic E-state index is 0.879. The Bertz CT molecular complexity index is 161. The number of hydrogen-bond donors (Lipinski definition) is 0. The molecule has 0 bridgehead atoms. The highest BCUT2D eigenvalue weighted by atomic mass is 14.0. The molecule has 0 heteroatoms. The molecule has 0 fully saturated rings. The van der Waals surface area contributed by atoms with Crippen molar-refractivity contribution in [3.05, 3.63) is 12.1 Å². The summed E-state index contributed by atoms with van der Waals surface area (Å²) >= 11 is 0. The molecule has 0 aromatic carbocycles. The fourth-order valence-electron chi connectivity index (χ4n) is 1.92. The van der Waals surface area contributed by atoms with Gasteiger partial charge in [-0.1, -0.05) is 57.1 Å². The molecule has 0 aromatic rings. The normalized spacial score (nSPS) is 28.6. The van der Waals surface area contributed by atoms with Crippen molar-refractivity contribution in [1.29, 1.82) is 0 Å². The summed E-state index contributed by atoms with van der Waals surface area (Å²) in [5.41, 5.74) is 0. The molecule has 0 saturated carbocycles. The smallest absolute Gasteiger partial charge is 0.0572 e. The summed E-state index contributed by atoms with van der Waals surface area (Å²) < 4.78 is 7.72. The van der Waals surface area contributed by atoms with Crippen LogP contribution in [0.2, 0.25) is 0 Å². The van der Waals surface area contributed by atoms with Gasteiger partial charge < -0.3 is 0 Å². The number of rotatable bonds is 0. The molecule has 13 heavy (non-hydrogen) atoms. The third kappa shape index (κ3) is 6.86. The predicted octanol–water partition coefficient (Wildman–Crippen LogP) is 4.85. The first-order valence-electron chi connectivity index (χ1n) is 6.55. The highest BCUT2D eigenvalue weighted by Gasteiger charge is 1.93. The largest absolute Gasteiger partial charge is 0.0885 e. The van der Waals surface area contributed by atoms with E-state index in [1.807, 2.05) is 0 Å². The second-order valence-electron chi connectivity index (χ2n) is 4.13. The van der Waals surface area contributed by atoms with Crippen molar-refractivity contribution in [3.63, 3.8) is 0 Å². The minimum Gasteiger partial charge on any atom is -0.0885 e. The standard InChI is InChI=1S/C13H24/c1-2-4-6-8-10-12-13-11-9-7-5-3-1/h1-2H,3-13H2/b2-1-/i1D. The Morgan fingerprint density at radius 2 is 1.08 bits per heavy atom. The fourth-order valence-corrected chi connectivity index (χ4v) is 1.92. The zero-order valence-electron chi connectivity index (χ0n) is 9.86. The van der Waals surface area contributed by atoms with Crippen molar-refractivity contribution in [2.75, 3.05) is 0 Å². The molecular formula is C13H24. The maximum absolute atomic E-state index is 7.72. The lowest BCUT2D eigenvalue weighted by Gasteiger charge is -1.99. The molecule has 1 rings (SSSR count). The van der Waals surface area contributed by atoms with Crippen molar-refractivity contribution in [2.24, 2.45) is 0 Å². The van der Waals surface area contributed by atoms with Gasteiger partial charge >= 0.3 is 0 Å². The molecule has 0 atom stereocenters. The molecule has 0 radical (unpaired) electrons. The molecule has 0 unspecified atom stereocenters. The highest BCUT2D eigenvalue weighted by Crippen LogP contribution is 2.13. The van der Waals surface area contributed by atoms with Crippen molar-refractivity contribution in [1.82, 2.24) is 0 Å². The van der Waals surface area contributed by atoms with Crippen LogP contribution in [-0.4, -0.2) is 0 Å². The van der Waals surface area contributed by atoms with E-state index >= 15 is 0 Å². The van der Waals surface area contributed by atoms with E-state index in [9.17, 15) is 0 Å². The van der Waals surface area contributed by atoms with E-state index in [1.165, 1.54) is 57.8 Å². The van der Waals surface area contributed by atoms with Crippen LogP contribution >= 0.6 is 0 Å². The van der Waals surface area contributed by atoms with Crippen LogP contribution in [0.5, 0.6) is 0 Å². The van der Waals surface area contributed by atoms with Gasteiger partial charge in [-0.05, 0) is 25.7 Å². The second-order valence-corrected chi connectivity index (χ2v) is 4.13. The van der Waals surface area contributed by atoms with Gasteiger partial charge in [0.05, 0.1) is 1.37 Å². The molecule has 76 valence electrons. The first kappa shape index (κ1) is 9.30. The quantitative estimate of drug-likeness (QED) is 0.469. The maximum atomic E-state index is 7.72. The summed E-state index contributed by atoms with van der Waals surface area (Å²) in [6, 6.07) is 0.879. The first-order valence-corrected chi connectivity index (χ1v) is 6.05. The van der Waals surface area contributed by atoms with Crippen LogP contribution in [0.4, 0.5) is 0 Å². The van der Waals surface area contributed by atoms with Gasteiger partial charge in [0.25, 0.3) is 0 Å². The Hall–Kier alpha value is -0.260. The van der Waals surface area contributed by atoms with Crippen molar-refractivity contribution >= 4 is 0 Å². The van der Waals surface area contributed by atoms with Gasteiger partial charge in [0.2, 0.25) is 0 Å². The minimum absolute atomic E-state index is 0.879. The van der Waals surface area contributed by atoms with Crippen LogP contribution < -0.4 is 0 Å². The van der Waals surface area contributed by atoms with Gasteiger partial charge in [0, 0.05) is 0 Å². The molecule has 1 aliphatic carbocycles. The molecule has 1 aliphatic rings. The molecule has 0 nitrogen and oxygen atoms in total. The summed E-state index contributed by atoms with van der Waals surface area (Å²) in [7, 11) is 0. The summed E-state index contributed by atoms with van der Waals surface area (Å²) in [6.45, 7) is 0. The lowest BCUT2D eigenvalue weighted by molar-refractivity contribution is 0.564. The molecule has 0 aromatic heterocycles. The van der Waals surface area contributed by atoms with E-state index < -0.39 is 0 Å².